The molecule has 2 nitrogen and oxygen atoms in total. The number of nitrogens with zero attached hydrogens (tertiary/aromatic N) is 1. The van der Waals surface area contributed by atoms with Crippen LogP contribution in [0.3, 0.4) is 0 Å². The molecule has 2 N–H and O–H groups in total. The first kappa shape index (κ1) is 12.6. The molecule has 0 unspecified atom stereocenters. The molecule has 0 aliphatic rings. The minimum Gasteiger partial charge on any atom is -0.397 e. The molecule has 2 aromatic rings. The maximum Gasteiger partial charge on any atom is 0.130 e. The van der Waals surface area contributed by atoms with E-state index in [-0.39, 0.29) is 0 Å². The van der Waals surface area contributed by atoms with Gasteiger partial charge in [-0.05, 0) is 29.8 Å². The van der Waals surface area contributed by atoms with Crippen molar-refractivity contribution in [1.82, 2.24) is 4.98 Å². The molecule has 0 bridgehead atoms. The van der Waals surface area contributed by atoms with Gasteiger partial charge in [0.15, 0.2) is 0 Å². The molecule has 1 heterocycles. The van der Waals surface area contributed by atoms with E-state index < -0.39 is 0 Å². The van der Waals surface area contributed by atoms with Crippen LogP contribution in [0.25, 0.3) is 0 Å². The topological polar surface area (TPSA) is 38.9 Å². The van der Waals surface area contributed by atoms with E-state index >= 15 is 0 Å². The largest absolute Gasteiger partial charge is 0.397 e. The molecule has 0 saturated heterocycles. The standard InChI is InChI=1S/C12H10Cl2N2S/c13-9-3-1-8(2-4-9)7-17-12-10(15)5-6-11(14)16-12/h1-6H,7,15H2. The van der Waals surface area contributed by atoms with Gasteiger partial charge in [0.2, 0.25) is 0 Å². The Hall–Kier alpha value is -0.900. The molecule has 17 heavy (non-hydrogen) atoms. The van der Waals surface area contributed by atoms with Crippen molar-refractivity contribution in [3.8, 4) is 0 Å². The Labute approximate surface area is 114 Å². The highest BCUT2D eigenvalue weighted by atomic mass is 35.5. The highest BCUT2D eigenvalue weighted by Crippen LogP contribution is 2.27. The number of benzene rings is 1. The summed E-state index contributed by atoms with van der Waals surface area (Å²) < 4.78 is 0. The maximum absolute atomic E-state index is 5.82. The Kier molecular flexibility index (Phi) is 4.15. The molecule has 0 saturated carbocycles. The molecule has 2 rings (SSSR count). The van der Waals surface area contributed by atoms with Crippen molar-refractivity contribution in [2.45, 2.75) is 10.8 Å². The summed E-state index contributed by atoms with van der Waals surface area (Å²) >= 11 is 13.2. The van der Waals surface area contributed by atoms with Crippen molar-refractivity contribution in [2.75, 3.05) is 5.73 Å². The minimum absolute atomic E-state index is 0.456. The van der Waals surface area contributed by atoms with Gasteiger partial charge in [0.05, 0.1) is 5.69 Å². The van der Waals surface area contributed by atoms with Crippen LogP contribution in [0.4, 0.5) is 5.69 Å². The maximum atomic E-state index is 5.82. The number of hydrogen-bond acceptors (Lipinski definition) is 3. The van der Waals surface area contributed by atoms with E-state index in [9.17, 15) is 0 Å². The second kappa shape index (κ2) is 5.63. The van der Waals surface area contributed by atoms with Crippen LogP contribution in [0.1, 0.15) is 5.56 Å². The van der Waals surface area contributed by atoms with E-state index in [1.165, 1.54) is 5.56 Å². The lowest BCUT2D eigenvalue weighted by Crippen LogP contribution is -1.92. The second-order valence-corrected chi connectivity index (χ2v) is 5.23. The summed E-state index contributed by atoms with van der Waals surface area (Å²) in [5.74, 6) is 0.786. The lowest BCUT2D eigenvalue weighted by atomic mass is 10.2. The van der Waals surface area contributed by atoms with Crippen LogP contribution in [0, 0.1) is 0 Å². The average Bonchev–Trinajstić information content (AvgIpc) is 2.32. The van der Waals surface area contributed by atoms with Crippen molar-refractivity contribution < 1.29 is 0 Å². The predicted molar refractivity (Wildman–Crippen MR) is 74.7 cm³/mol. The number of hydrogen-bond donors (Lipinski definition) is 1. The summed E-state index contributed by atoms with van der Waals surface area (Å²) in [6.45, 7) is 0. The number of halogens is 2. The normalized spacial score (nSPS) is 10.5. The van der Waals surface area contributed by atoms with Crippen LogP contribution in [-0.2, 0) is 5.75 Å². The zero-order chi connectivity index (χ0) is 12.3. The summed E-state index contributed by atoms with van der Waals surface area (Å²) in [6.07, 6.45) is 0. The van der Waals surface area contributed by atoms with Crippen LogP contribution in [0.2, 0.25) is 10.2 Å². The quantitative estimate of drug-likeness (QED) is 0.676. The van der Waals surface area contributed by atoms with Gasteiger partial charge >= 0.3 is 0 Å². The van der Waals surface area contributed by atoms with Gasteiger partial charge < -0.3 is 5.73 Å². The SMILES string of the molecule is Nc1ccc(Cl)nc1SCc1ccc(Cl)cc1. The van der Waals surface area contributed by atoms with Crippen LogP contribution >= 0.6 is 35.0 Å². The third-order valence-corrected chi connectivity index (χ3v) is 3.69. The molecule has 88 valence electrons. The third kappa shape index (κ3) is 3.53. The Balaban J connectivity index is 2.07. The fraction of sp³-hybridized carbons (Fsp3) is 0.0833. The molecule has 0 radical (unpaired) electrons. The van der Waals surface area contributed by atoms with E-state index in [0.29, 0.717) is 10.8 Å². The van der Waals surface area contributed by atoms with E-state index in [2.05, 4.69) is 4.98 Å². The summed E-state index contributed by atoms with van der Waals surface area (Å²) in [5, 5.41) is 1.95. The molecule has 0 aliphatic heterocycles. The molecule has 0 atom stereocenters. The molecule has 1 aromatic heterocycles. The van der Waals surface area contributed by atoms with Gasteiger partial charge in [0.1, 0.15) is 10.2 Å². The van der Waals surface area contributed by atoms with Gasteiger partial charge in [0, 0.05) is 10.8 Å². The molecule has 0 fully saturated rings. The van der Waals surface area contributed by atoms with Gasteiger partial charge in [-0.1, -0.05) is 47.1 Å². The van der Waals surface area contributed by atoms with E-state index in [1.807, 2.05) is 24.3 Å². The number of pyridine rings is 1. The first-order valence-electron chi connectivity index (χ1n) is 4.94. The van der Waals surface area contributed by atoms with Gasteiger partial charge in [-0.25, -0.2) is 4.98 Å². The number of anilines is 1. The Bertz CT molecular complexity index is 514. The molecular weight excluding hydrogens is 275 g/mol. The third-order valence-electron chi connectivity index (χ3n) is 2.14. The van der Waals surface area contributed by atoms with Gasteiger partial charge in [-0.3, -0.25) is 0 Å². The van der Waals surface area contributed by atoms with E-state index in [1.54, 1.807) is 23.9 Å². The minimum atomic E-state index is 0.456. The highest BCUT2D eigenvalue weighted by Gasteiger charge is 2.03. The Morgan fingerprint density at radius 1 is 1.06 bits per heavy atom. The predicted octanol–water partition coefficient (Wildman–Crippen LogP) is 4.26. The Morgan fingerprint density at radius 2 is 1.76 bits per heavy atom. The Morgan fingerprint density at radius 3 is 2.47 bits per heavy atom. The second-order valence-electron chi connectivity index (χ2n) is 3.44. The van der Waals surface area contributed by atoms with Gasteiger partial charge in [0.25, 0.3) is 0 Å². The summed E-state index contributed by atoms with van der Waals surface area (Å²) in [5.41, 5.74) is 7.63. The molecular formula is C12H10Cl2N2S. The summed E-state index contributed by atoms with van der Waals surface area (Å²) in [7, 11) is 0. The van der Waals surface area contributed by atoms with E-state index in [4.69, 9.17) is 28.9 Å². The zero-order valence-electron chi connectivity index (χ0n) is 8.86. The molecule has 5 heteroatoms. The molecule has 0 amide bonds. The fourth-order valence-corrected chi connectivity index (χ4v) is 2.49. The summed E-state index contributed by atoms with van der Waals surface area (Å²) in [6, 6.07) is 11.1. The van der Waals surface area contributed by atoms with Crippen LogP contribution in [0.5, 0.6) is 0 Å². The monoisotopic (exact) mass is 284 g/mol. The molecule has 0 spiro atoms. The van der Waals surface area contributed by atoms with Crippen molar-refractivity contribution in [1.29, 1.82) is 0 Å². The lowest BCUT2D eigenvalue weighted by Gasteiger charge is -2.05. The van der Waals surface area contributed by atoms with Crippen molar-refractivity contribution in [3.63, 3.8) is 0 Å². The van der Waals surface area contributed by atoms with Crippen LogP contribution in [-0.4, -0.2) is 4.98 Å². The number of nitrogens with two attached hydrogens (primary N) is 1. The number of rotatable bonds is 3. The molecule has 1 aromatic carbocycles. The van der Waals surface area contributed by atoms with Crippen molar-refractivity contribution >= 4 is 40.7 Å². The smallest absolute Gasteiger partial charge is 0.130 e. The number of nitrogen functional groups attached to an aromatic ring is 1. The van der Waals surface area contributed by atoms with Crippen molar-refractivity contribution in [2.24, 2.45) is 0 Å². The number of thioether (sulfide) groups is 1. The van der Waals surface area contributed by atoms with Crippen LogP contribution < -0.4 is 5.73 Å². The molecule has 0 aliphatic carbocycles. The summed E-state index contributed by atoms with van der Waals surface area (Å²) in [4.78, 5) is 4.18. The van der Waals surface area contributed by atoms with E-state index in [0.717, 1.165) is 15.8 Å². The first-order valence-corrected chi connectivity index (χ1v) is 6.68. The van der Waals surface area contributed by atoms with Crippen molar-refractivity contribution in [3.05, 3.63) is 52.1 Å². The zero-order valence-corrected chi connectivity index (χ0v) is 11.2. The highest BCUT2D eigenvalue weighted by molar-refractivity contribution is 7.98. The lowest BCUT2D eigenvalue weighted by molar-refractivity contribution is 1.14. The fourth-order valence-electron chi connectivity index (χ4n) is 1.28. The van der Waals surface area contributed by atoms with Gasteiger partial charge in [-0.2, -0.15) is 0 Å². The van der Waals surface area contributed by atoms with Gasteiger partial charge in [-0.15, -0.1) is 0 Å². The number of aromatic nitrogens is 1. The first-order chi connectivity index (χ1) is 8.15. The average molecular weight is 285 g/mol. The van der Waals surface area contributed by atoms with Crippen LogP contribution in [0.15, 0.2) is 41.4 Å².